The van der Waals surface area contributed by atoms with Gasteiger partial charge in [-0.1, -0.05) is 50.2 Å². The van der Waals surface area contributed by atoms with Gasteiger partial charge in [0.2, 0.25) is 0 Å². The maximum absolute atomic E-state index is 13.7. The van der Waals surface area contributed by atoms with E-state index in [4.69, 9.17) is 14.2 Å². The third-order valence-electron chi connectivity index (χ3n) is 10.5. The molecule has 0 unspecified atom stereocenters. The largest absolute Gasteiger partial charge is 0.519 e. The van der Waals surface area contributed by atoms with Crippen LogP contribution in [0.25, 0.3) is 11.1 Å². The Balaban J connectivity index is 0.927. The van der Waals surface area contributed by atoms with E-state index >= 15 is 0 Å². The fourth-order valence-corrected chi connectivity index (χ4v) is 7.15. The van der Waals surface area contributed by atoms with Crippen molar-refractivity contribution in [2.75, 3.05) is 16.9 Å². The Morgan fingerprint density at radius 3 is 1.28 bits per heavy atom. The molecule has 2 heterocycles. The van der Waals surface area contributed by atoms with Crippen molar-refractivity contribution in [3.8, 4) is 28.4 Å². The summed E-state index contributed by atoms with van der Waals surface area (Å²) in [5, 5.41) is 0. The van der Waals surface area contributed by atoms with Gasteiger partial charge in [0.25, 0.3) is 23.6 Å². The van der Waals surface area contributed by atoms with Gasteiger partial charge in [-0.2, -0.15) is 0 Å². The van der Waals surface area contributed by atoms with Gasteiger partial charge in [-0.05, 0) is 126 Å². The van der Waals surface area contributed by atoms with Crippen LogP contribution < -0.4 is 24.0 Å². The minimum absolute atomic E-state index is 0.136. The van der Waals surface area contributed by atoms with Crippen LogP contribution in [0.2, 0.25) is 0 Å². The van der Waals surface area contributed by atoms with Crippen molar-refractivity contribution in [2.45, 2.75) is 26.2 Å². The second kappa shape index (κ2) is 14.4. The Morgan fingerprint density at radius 1 is 0.483 bits per heavy atom. The van der Waals surface area contributed by atoms with Crippen molar-refractivity contribution >= 4 is 46.9 Å². The molecule has 2 aliphatic rings. The molecule has 0 aliphatic carbocycles. The van der Waals surface area contributed by atoms with Gasteiger partial charge in [0.15, 0.2) is 5.78 Å². The maximum Gasteiger partial charge on any atom is 0.519 e. The second-order valence-corrected chi connectivity index (χ2v) is 14.3. The van der Waals surface area contributed by atoms with Crippen LogP contribution in [0.5, 0.6) is 17.2 Å². The summed E-state index contributed by atoms with van der Waals surface area (Å²) in [6, 6.07) is 36.7. The first kappa shape index (κ1) is 37.3. The quantitative estimate of drug-likeness (QED) is 0.0610. The van der Waals surface area contributed by atoms with E-state index in [1.54, 1.807) is 79.9 Å². The van der Waals surface area contributed by atoms with Crippen molar-refractivity contribution in [3.05, 3.63) is 172 Å². The molecule has 2 aliphatic heterocycles. The highest BCUT2D eigenvalue weighted by molar-refractivity contribution is 6.35. The zero-order chi connectivity index (χ0) is 40.9. The Hall–Kier alpha value is -7.66. The summed E-state index contributed by atoms with van der Waals surface area (Å²) in [6.45, 7) is 5.63. The first-order valence-corrected chi connectivity index (χ1v) is 18.3. The summed E-state index contributed by atoms with van der Waals surface area (Å²) >= 11 is 0. The van der Waals surface area contributed by atoms with E-state index in [2.05, 4.69) is 13.8 Å². The summed E-state index contributed by atoms with van der Waals surface area (Å²) in [4.78, 5) is 80.3. The number of fused-ring (bicyclic) bond motifs is 2. The van der Waals surface area contributed by atoms with Crippen LogP contribution in [0, 0.1) is 0 Å². The number of nitrogens with zero attached hydrogens (tertiary/aromatic N) is 2. The van der Waals surface area contributed by atoms with Gasteiger partial charge in [0.1, 0.15) is 17.2 Å². The number of ether oxygens (including phenoxy) is 3. The van der Waals surface area contributed by atoms with Crippen molar-refractivity contribution in [1.82, 2.24) is 0 Å². The third-order valence-corrected chi connectivity index (χ3v) is 10.5. The molecule has 0 aromatic heterocycles. The Kier molecular flexibility index (Phi) is 9.28. The molecule has 11 heteroatoms. The molecule has 0 bridgehead atoms. The molecule has 0 atom stereocenters. The van der Waals surface area contributed by atoms with Crippen molar-refractivity contribution in [3.63, 3.8) is 0 Å². The summed E-state index contributed by atoms with van der Waals surface area (Å²) in [6.07, 6.45) is -0.961. The number of hydrogen-bond acceptors (Lipinski definition) is 9. The highest BCUT2D eigenvalue weighted by atomic mass is 16.7. The lowest BCUT2D eigenvalue weighted by molar-refractivity contribution is 0.0910. The fourth-order valence-electron chi connectivity index (χ4n) is 7.15. The van der Waals surface area contributed by atoms with E-state index in [1.165, 1.54) is 31.2 Å². The predicted octanol–water partition coefficient (Wildman–Crippen LogP) is 9.07. The third kappa shape index (κ3) is 6.58. The highest BCUT2D eigenvalue weighted by Crippen LogP contribution is 2.37. The summed E-state index contributed by atoms with van der Waals surface area (Å²) in [5.41, 5.74) is 4.75. The molecule has 11 nitrogen and oxygen atoms in total. The molecule has 4 amide bonds. The van der Waals surface area contributed by atoms with Crippen molar-refractivity contribution < 1.29 is 43.0 Å². The van der Waals surface area contributed by atoms with Crippen LogP contribution in [0.1, 0.15) is 83.7 Å². The van der Waals surface area contributed by atoms with Gasteiger partial charge in [-0.25, -0.2) is 14.6 Å². The molecule has 6 aromatic carbocycles. The van der Waals surface area contributed by atoms with Gasteiger partial charge < -0.3 is 14.2 Å². The topological polar surface area (TPSA) is 137 Å². The Bertz CT molecular complexity index is 2680. The van der Waals surface area contributed by atoms with Crippen LogP contribution >= 0.6 is 0 Å². The molecule has 8 rings (SSSR count). The molecule has 0 spiro atoms. The van der Waals surface area contributed by atoms with Crippen LogP contribution in [0.4, 0.5) is 16.2 Å². The first-order valence-electron chi connectivity index (χ1n) is 18.3. The lowest BCUT2D eigenvalue weighted by atomic mass is 9.78. The summed E-state index contributed by atoms with van der Waals surface area (Å²) < 4.78 is 16.0. The van der Waals surface area contributed by atoms with E-state index in [1.807, 2.05) is 36.4 Å². The van der Waals surface area contributed by atoms with Crippen molar-refractivity contribution in [1.29, 1.82) is 0 Å². The second-order valence-electron chi connectivity index (χ2n) is 14.3. The van der Waals surface area contributed by atoms with E-state index in [0.29, 0.717) is 28.1 Å². The van der Waals surface area contributed by atoms with Gasteiger partial charge in [-0.15, -0.1) is 0 Å². The Morgan fingerprint density at radius 2 is 0.862 bits per heavy atom. The minimum Gasteiger partial charge on any atom is -0.497 e. The molecule has 0 N–H and O–H groups in total. The first-order chi connectivity index (χ1) is 27.8. The number of methoxy groups -OCH3 is 1. The molecule has 0 radical (unpaired) electrons. The average Bonchev–Trinajstić information content (AvgIpc) is 3.64. The number of Topliss-reactive ketones (excluding diaryl/α,β-unsaturated/α-hetero) is 1. The summed E-state index contributed by atoms with van der Waals surface area (Å²) in [5.74, 6) is -1.02. The average molecular weight is 771 g/mol. The number of rotatable bonds is 9. The molecule has 6 aromatic rings. The number of imide groups is 2. The van der Waals surface area contributed by atoms with Gasteiger partial charge in [-0.3, -0.25) is 24.0 Å². The fraction of sp³-hybridized carbons (Fsp3) is 0.106. The van der Waals surface area contributed by atoms with Crippen molar-refractivity contribution in [2.24, 2.45) is 0 Å². The van der Waals surface area contributed by atoms with Gasteiger partial charge >= 0.3 is 6.16 Å². The molecular weight excluding hydrogens is 737 g/mol. The zero-order valence-corrected chi connectivity index (χ0v) is 31.8. The lowest BCUT2D eigenvalue weighted by Gasteiger charge is -2.26. The SMILES string of the molecule is COc1ccc(C(C)(C)c2ccc(OC(=O)Oc3ccc(N4C(=O)c5ccc(-c6ccc7c(c6)C(=O)N(c6ccc(C(C)=O)cc6)C7=O)cc5C4=O)cc3)cc2)cc1. The number of carbonyl (C=O) groups excluding carboxylic acids is 6. The number of anilines is 2. The van der Waals surface area contributed by atoms with E-state index in [0.717, 1.165) is 26.7 Å². The van der Waals surface area contributed by atoms with Gasteiger partial charge in [0.05, 0.1) is 40.7 Å². The smallest absolute Gasteiger partial charge is 0.497 e. The van der Waals surface area contributed by atoms with Crippen LogP contribution in [0.3, 0.4) is 0 Å². The number of ketones is 1. The van der Waals surface area contributed by atoms with E-state index < -0.39 is 29.8 Å². The molecule has 286 valence electrons. The molecule has 58 heavy (non-hydrogen) atoms. The number of carbonyl (C=O) groups is 6. The number of hydrogen-bond donors (Lipinski definition) is 0. The molecule has 0 fully saturated rings. The standard InChI is InChI=1S/C47H34N2O9/c1-27(50)28-5-13-33(14-6-28)48-42(51)38-23-7-29(25-40(38)44(48)53)30-8-24-39-41(26-30)45(54)49(43(39)52)34-15-21-37(22-16-34)58-46(55)57-36-19-11-32(12-20-36)47(2,3)31-9-17-35(56-4)18-10-31/h5-26H,1-4H3. The normalized spacial score (nSPS) is 13.4. The van der Waals surface area contributed by atoms with Crippen LogP contribution in [-0.2, 0) is 5.41 Å². The van der Waals surface area contributed by atoms with E-state index in [9.17, 15) is 28.8 Å². The lowest BCUT2D eigenvalue weighted by Crippen LogP contribution is -2.29. The number of amides is 4. The maximum atomic E-state index is 13.7. The summed E-state index contributed by atoms with van der Waals surface area (Å²) in [7, 11) is 1.62. The molecule has 0 saturated heterocycles. The minimum atomic E-state index is -0.961. The predicted molar refractivity (Wildman–Crippen MR) is 215 cm³/mol. The molecule has 0 saturated carbocycles. The van der Waals surface area contributed by atoms with Crippen LogP contribution in [-0.4, -0.2) is 42.7 Å². The van der Waals surface area contributed by atoms with Crippen LogP contribution in [0.15, 0.2) is 133 Å². The van der Waals surface area contributed by atoms with Gasteiger partial charge in [0, 0.05) is 11.0 Å². The molecular formula is C47H34N2O9. The highest BCUT2D eigenvalue weighted by Gasteiger charge is 2.39. The zero-order valence-electron chi connectivity index (χ0n) is 31.8. The van der Waals surface area contributed by atoms with E-state index in [-0.39, 0.29) is 44.9 Å². The monoisotopic (exact) mass is 770 g/mol. The number of benzene rings is 6. The Labute approximate surface area is 333 Å².